The molecule has 1 aliphatic rings. The Balaban J connectivity index is 1.64. The van der Waals surface area contributed by atoms with Gasteiger partial charge < -0.3 is 14.2 Å². The van der Waals surface area contributed by atoms with Gasteiger partial charge in [-0.1, -0.05) is 18.2 Å². The largest absolute Gasteiger partial charge is 0.481 e. The zero-order chi connectivity index (χ0) is 18.5. The predicted molar refractivity (Wildman–Crippen MR) is 91.9 cm³/mol. The molecule has 2 heterocycles. The average Bonchev–Trinajstić information content (AvgIpc) is 3.06. The summed E-state index contributed by atoms with van der Waals surface area (Å²) >= 11 is 0. The number of benzene rings is 1. The molecule has 138 valence electrons. The maximum atomic E-state index is 12.1. The van der Waals surface area contributed by atoms with Gasteiger partial charge in [-0.3, -0.25) is 4.84 Å². The van der Waals surface area contributed by atoms with E-state index in [-0.39, 0.29) is 30.7 Å². The molecule has 1 saturated heterocycles. The second-order valence-electron chi connectivity index (χ2n) is 5.81. The number of esters is 1. The number of carbonyl (C=O) groups excluding carboxylic acids is 1. The van der Waals surface area contributed by atoms with Crippen LogP contribution in [0, 0.1) is 0 Å². The van der Waals surface area contributed by atoms with E-state index in [9.17, 15) is 4.79 Å². The molecule has 2 atom stereocenters. The Kier molecular flexibility index (Phi) is 5.65. The number of nitrogens with zero attached hydrogens (tertiary/aromatic N) is 3. The summed E-state index contributed by atoms with van der Waals surface area (Å²) in [5.41, 5.74) is 1.30. The summed E-state index contributed by atoms with van der Waals surface area (Å²) in [6.45, 7) is 0.161. The van der Waals surface area contributed by atoms with Crippen LogP contribution in [-0.4, -0.2) is 55.0 Å². The van der Waals surface area contributed by atoms with E-state index in [1.807, 2.05) is 13.1 Å². The molecule has 0 spiro atoms. The van der Waals surface area contributed by atoms with Crippen LogP contribution < -0.4 is 9.47 Å². The molecule has 8 heteroatoms. The van der Waals surface area contributed by atoms with Crippen molar-refractivity contribution < 1.29 is 23.8 Å². The Bertz CT molecular complexity index is 756. The fourth-order valence-electron chi connectivity index (χ4n) is 2.85. The van der Waals surface area contributed by atoms with E-state index in [0.29, 0.717) is 17.9 Å². The Morgan fingerprint density at radius 3 is 2.73 bits per heavy atom. The molecule has 0 bridgehead atoms. The number of hydrogen-bond donors (Lipinski definition) is 0. The summed E-state index contributed by atoms with van der Waals surface area (Å²) in [4.78, 5) is 26.2. The van der Waals surface area contributed by atoms with Gasteiger partial charge in [-0.05, 0) is 12.1 Å². The van der Waals surface area contributed by atoms with Gasteiger partial charge in [0.2, 0.25) is 5.88 Å². The minimum absolute atomic E-state index is 0.115. The van der Waals surface area contributed by atoms with Crippen molar-refractivity contribution in [2.24, 2.45) is 0 Å². The highest BCUT2D eigenvalue weighted by Gasteiger charge is 2.35. The zero-order valence-electron chi connectivity index (χ0n) is 14.9. The molecule has 0 saturated carbocycles. The van der Waals surface area contributed by atoms with Crippen LogP contribution in [0.1, 0.15) is 28.4 Å². The van der Waals surface area contributed by atoms with Gasteiger partial charge in [0.25, 0.3) is 0 Å². The first-order valence-corrected chi connectivity index (χ1v) is 8.19. The van der Waals surface area contributed by atoms with E-state index in [4.69, 9.17) is 19.0 Å². The van der Waals surface area contributed by atoms with Gasteiger partial charge >= 0.3 is 12.0 Å². The van der Waals surface area contributed by atoms with Crippen LogP contribution in [0.3, 0.4) is 0 Å². The summed E-state index contributed by atoms with van der Waals surface area (Å²) in [5, 5.41) is 1.70. The van der Waals surface area contributed by atoms with Crippen LogP contribution >= 0.6 is 0 Å². The lowest BCUT2D eigenvalue weighted by atomic mass is 10.0. The lowest BCUT2D eigenvalue weighted by Crippen LogP contribution is -2.21. The van der Waals surface area contributed by atoms with Gasteiger partial charge in [0.15, 0.2) is 0 Å². The summed E-state index contributed by atoms with van der Waals surface area (Å²) in [6.07, 6.45) is 2.02. The van der Waals surface area contributed by atoms with Gasteiger partial charge in [-0.15, -0.1) is 0 Å². The smallest absolute Gasteiger partial charge is 0.338 e. The highest BCUT2D eigenvalue weighted by molar-refractivity contribution is 5.89. The third kappa shape index (κ3) is 3.92. The molecule has 0 amide bonds. The highest BCUT2D eigenvalue weighted by Crippen LogP contribution is 2.36. The quantitative estimate of drug-likeness (QED) is 0.725. The molecule has 1 aliphatic heterocycles. The standard InChI is InChI=1S/C18H21N3O5/c1-21-15(14-10-19-18(24-3)20-16(14)23-2)9-13(26-21)11-25-17(22)12-7-5-4-6-8-12/h4-8,10,13,15H,9,11H2,1-3H3/t13-,15+/m1/s1. The monoisotopic (exact) mass is 359 g/mol. The van der Waals surface area contributed by atoms with Crippen LogP contribution in [0.15, 0.2) is 36.5 Å². The van der Waals surface area contributed by atoms with Crippen molar-refractivity contribution in [2.45, 2.75) is 18.6 Å². The van der Waals surface area contributed by atoms with E-state index >= 15 is 0 Å². The number of hydroxylamine groups is 2. The molecule has 1 aromatic heterocycles. The Labute approximate surface area is 151 Å². The first-order chi connectivity index (χ1) is 12.6. The normalized spacial score (nSPS) is 20.0. The molecule has 0 unspecified atom stereocenters. The molecule has 8 nitrogen and oxygen atoms in total. The third-order valence-electron chi connectivity index (χ3n) is 4.14. The number of ether oxygens (including phenoxy) is 3. The average molecular weight is 359 g/mol. The van der Waals surface area contributed by atoms with Crippen LogP contribution in [0.4, 0.5) is 0 Å². The molecule has 0 aliphatic carbocycles. The fourth-order valence-corrected chi connectivity index (χ4v) is 2.85. The number of hydrogen-bond acceptors (Lipinski definition) is 8. The fraction of sp³-hybridized carbons (Fsp3) is 0.389. The van der Waals surface area contributed by atoms with Crippen LogP contribution in [0.25, 0.3) is 0 Å². The molecule has 0 N–H and O–H groups in total. The van der Waals surface area contributed by atoms with Crippen molar-refractivity contribution in [2.75, 3.05) is 27.9 Å². The molecular weight excluding hydrogens is 338 g/mol. The number of aromatic nitrogens is 2. The van der Waals surface area contributed by atoms with Gasteiger partial charge in [-0.2, -0.15) is 10.0 Å². The van der Waals surface area contributed by atoms with Gasteiger partial charge in [-0.25, -0.2) is 9.78 Å². The minimum Gasteiger partial charge on any atom is -0.481 e. The van der Waals surface area contributed by atoms with Crippen molar-refractivity contribution in [3.63, 3.8) is 0 Å². The van der Waals surface area contributed by atoms with E-state index in [0.717, 1.165) is 5.56 Å². The van der Waals surface area contributed by atoms with Crippen LogP contribution in [0.5, 0.6) is 11.9 Å². The topological polar surface area (TPSA) is 83.0 Å². The SMILES string of the molecule is COc1ncc([C@@H]2C[C@H](COC(=O)c3ccccc3)ON2C)c(OC)n1. The molecule has 26 heavy (non-hydrogen) atoms. The molecule has 1 fully saturated rings. The molecule has 2 aromatic rings. The summed E-state index contributed by atoms with van der Waals surface area (Å²) in [7, 11) is 4.85. The van der Waals surface area contributed by atoms with Crippen molar-refractivity contribution in [1.29, 1.82) is 0 Å². The van der Waals surface area contributed by atoms with E-state index in [1.54, 1.807) is 42.6 Å². The predicted octanol–water partition coefficient (Wildman–Crippen LogP) is 2.03. The molecule has 0 radical (unpaired) electrons. The van der Waals surface area contributed by atoms with Gasteiger partial charge in [0, 0.05) is 19.7 Å². The van der Waals surface area contributed by atoms with Crippen molar-refractivity contribution >= 4 is 5.97 Å². The van der Waals surface area contributed by atoms with E-state index < -0.39 is 0 Å². The number of methoxy groups -OCH3 is 2. The molecule has 1 aromatic carbocycles. The molecule has 3 rings (SSSR count). The van der Waals surface area contributed by atoms with Crippen molar-refractivity contribution in [3.8, 4) is 11.9 Å². The van der Waals surface area contributed by atoms with Crippen molar-refractivity contribution in [1.82, 2.24) is 15.0 Å². The summed E-state index contributed by atoms with van der Waals surface area (Å²) in [6, 6.07) is 8.99. The van der Waals surface area contributed by atoms with E-state index in [1.165, 1.54) is 7.11 Å². The number of carbonyl (C=O) groups is 1. The van der Waals surface area contributed by atoms with Gasteiger partial charge in [0.05, 0.1) is 31.4 Å². The lowest BCUT2D eigenvalue weighted by Gasteiger charge is -2.19. The second-order valence-corrected chi connectivity index (χ2v) is 5.81. The zero-order valence-corrected chi connectivity index (χ0v) is 14.9. The molecular formula is C18H21N3O5. The van der Waals surface area contributed by atoms with Crippen LogP contribution in [-0.2, 0) is 9.57 Å². The Hall–Kier alpha value is -2.71. The minimum atomic E-state index is -0.370. The summed E-state index contributed by atoms with van der Waals surface area (Å²) in [5.74, 6) is 0.0601. The Morgan fingerprint density at radius 2 is 2.04 bits per heavy atom. The maximum Gasteiger partial charge on any atom is 0.338 e. The first kappa shape index (κ1) is 18.1. The maximum absolute atomic E-state index is 12.1. The van der Waals surface area contributed by atoms with Gasteiger partial charge in [0.1, 0.15) is 12.7 Å². The van der Waals surface area contributed by atoms with Crippen molar-refractivity contribution in [3.05, 3.63) is 47.7 Å². The van der Waals surface area contributed by atoms with Crippen LogP contribution in [0.2, 0.25) is 0 Å². The second kappa shape index (κ2) is 8.11. The highest BCUT2D eigenvalue weighted by atomic mass is 16.7. The Morgan fingerprint density at radius 1 is 1.27 bits per heavy atom. The third-order valence-corrected chi connectivity index (χ3v) is 4.14. The number of rotatable bonds is 6. The lowest BCUT2D eigenvalue weighted by molar-refractivity contribution is -0.154. The van der Waals surface area contributed by atoms with E-state index in [2.05, 4.69) is 9.97 Å². The first-order valence-electron chi connectivity index (χ1n) is 8.19. The summed E-state index contributed by atoms with van der Waals surface area (Å²) < 4.78 is 15.7.